The van der Waals surface area contributed by atoms with Crippen LogP contribution in [0.3, 0.4) is 0 Å². The van der Waals surface area contributed by atoms with Crippen LogP contribution in [0.25, 0.3) is 0 Å². The van der Waals surface area contributed by atoms with Gasteiger partial charge in [0.1, 0.15) is 4.21 Å². The minimum absolute atomic E-state index is 0.0339. The number of sulfonamides is 1. The number of benzene rings is 1. The van der Waals surface area contributed by atoms with Crippen molar-refractivity contribution in [3.63, 3.8) is 0 Å². The first-order chi connectivity index (χ1) is 14.9. The van der Waals surface area contributed by atoms with Crippen LogP contribution in [0.4, 0.5) is 5.69 Å². The van der Waals surface area contributed by atoms with E-state index >= 15 is 0 Å². The van der Waals surface area contributed by atoms with Crippen molar-refractivity contribution < 1.29 is 8.42 Å². The fraction of sp³-hybridized carbons (Fsp3) is 0.565. The maximum absolute atomic E-state index is 13.0. The number of hydrogen-bond donors (Lipinski definition) is 1. The van der Waals surface area contributed by atoms with Crippen LogP contribution in [0.1, 0.15) is 35.4 Å². The summed E-state index contributed by atoms with van der Waals surface area (Å²) in [4.78, 5) is 8.17. The largest absolute Gasteiger partial charge is 0.374 e. The Morgan fingerprint density at radius 2 is 1.84 bits per heavy atom. The van der Waals surface area contributed by atoms with Gasteiger partial charge in [-0.2, -0.15) is 0 Å². The molecule has 2 aromatic rings. The molecule has 31 heavy (non-hydrogen) atoms. The molecule has 3 heterocycles. The molecule has 0 saturated carbocycles. The summed E-state index contributed by atoms with van der Waals surface area (Å²) in [6, 6.07) is 10.4. The molecule has 1 aromatic carbocycles. The third-order valence-electron chi connectivity index (χ3n) is 6.53. The van der Waals surface area contributed by atoms with Crippen molar-refractivity contribution in [2.75, 3.05) is 58.3 Å². The molecule has 1 atom stereocenters. The fourth-order valence-corrected chi connectivity index (χ4v) is 6.93. The lowest BCUT2D eigenvalue weighted by Crippen LogP contribution is -2.48. The molecule has 1 aromatic heterocycles. The van der Waals surface area contributed by atoms with Gasteiger partial charge in [0.25, 0.3) is 0 Å². The summed E-state index contributed by atoms with van der Waals surface area (Å²) in [5.41, 5.74) is 3.89. The van der Waals surface area contributed by atoms with Gasteiger partial charge in [-0.25, -0.2) is 13.1 Å². The number of fused-ring (bicyclic) bond motifs is 1. The Kier molecular flexibility index (Phi) is 7.03. The molecule has 0 bridgehead atoms. The highest BCUT2D eigenvalue weighted by molar-refractivity contribution is 7.91. The summed E-state index contributed by atoms with van der Waals surface area (Å²) in [6.07, 6.45) is 3.11. The zero-order valence-corrected chi connectivity index (χ0v) is 20.4. The minimum Gasteiger partial charge on any atom is -0.374 e. The molecule has 1 unspecified atom stereocenters. The quantitative estimate of drug-likeness (QED) is 0.686. The van der Waals surface area contributed by atoms with Gasteiger partial charge in [-0.3, -0.25) is 4.90 Å². The van der Waals surface area contributed by atoms with E-state index in [1.54, 1.807) is 6.07 Å². The number of likely N-dealkylation sites (N-methyl/N-ethyl adjacent to an activating group) is 1. The second kappa shape index (κ2) is 9.58. The first-order valence-corrected chi connectivity index (χ1v) is 13.5. The standard InChI is InChI=1S/C23H34N4O2S2/c1-4-20-8-10-23(30-20)31(28,29)24-17-22(27-14-12-25(2)13-15-27)19-7-9-21-18(16-19)6-5-11-26(21)3/h7-10,16,22,24H,4-6,11-15,17H2,1-3H3. The predicted molar refractivity (Wildman–Crippen MR) is 129 cm³/mol. The van der Waals surface area contributed by atoms with Crippen LogP contribution >= 0.6 is 11.3 Å². The van der Waals surface area contributed by atoms with Gasteiger partial charge in [-0.15, -0.1) is 11.3 Å². The number of thiophene rings is 1. The Labute approximate surface area is 190 Å². The molecule has 0 spiro atoms. The van der Waals surface area contributed by atoms with E-state index in [1.807, 2.05) is 13.0 Å². The van der Waals surface area contributed by atoms with Crippen molar-refractivity contribution in [2.45, 2.75) is 36.4 Å². The summed E-state index contributed by atoms with van der Waals surface area (Å²) in [6.45, 7) is 7.42. The van der Waals surface area contributed by atoms with E-state index in [0.717, 1.165) is 56.9 Å². The highest BCUT2D eigenvalue weighted by atomic mass is 32.2. The van der Waals surface area contributed by atoms with Crippen molar-refractivity contribution >= 4 is 27.0 Å². The van der Waals surface area contributed by atoms with Gasteiger partial charge < -0.3 is 9.80 Å². The Bertz CT molecular complexity index is 997. The number of anilines is 1. The number of aryl methyl sites for hydroxylation is 2. The Morgan fingerprint density at radius 1 is 1.06 bits per heavy atom. The monoisotopic (exact) mass is 462 g/mol. The fourth-order valence-electron chi connectivity index (χ4n) is 4.56. The van der Waals surface area contributed by atoms with E-state index < -0.39 is 10.0 Å². The lowest BCUT2D eigenvalue weighted by Gasteiger charge is -2.39. The van der Waals surface area contributed by atoms with Crippen molar-refractivity contribution in [3.8, 4) is 0 Å². The maximum atomic E-state index is 13.0. The molecule has 6 nitrogen and oxygen atoms in total. The second-order valence-electron chi connectivity index (χ2n) is 8.69. The molecule has 1 N–H and O–H groups in total. The number of piperazine rings is 1. The van der Waals surface area contributed by atoms with Crippen molar-refractivity contribution in [1.29, 1.82) is 0 Å². The van der Waals surface area contributed by atoms with Gasteiger partial charge in [0, 0.05) is 62.9 Å². The van der Waals surface area contributed by atoms with Gasteiger partial charge in [0.05, 0.1) is 0 Å². The van der Waals surface area contributed by atoms with Gasteiger partial charge in [0.15, 0.2) is 0 Å². The van der Waals surface area contributed by atoms with Crippen molar-refractivity contribution in [2.24, 2.45) is 0 Å². The average molecular weight is 463 g/mol. The normalized spacial score (nSPS) is 19.4. The molecular weight excluding hydrogens is 428 g/mol. The molecule has 1 fully saturated rings. The smallest absolute Gasteiger partial charge is 0.250 e. The summed E-state index contributed by atoms with van der Waals surface area (Å²) in [5, 5.41) is 0. The second-order valence-corrected chi connectivity index (χ2v) is 11.9. The summed E-state index contributed by atoms with van der Waals surface area (Å²) in [5.74, 6) is 0. The van der Waals surface area contributed by atoms with Crippen LogP contribution in [-0.4, -0.2) is 71.6 Å². The zero-order chi connectivity index (χ0) is 22.0. The molecule has 2 aliphatic rings. The summed E-state index contributed by atoms with van der Waals surface area (Å²) < 4.78 is 29.3. The number of nitrogens with zero attached hydrogens (tertiary/aromatic N) is 3. The van der Waals surface area contributed by atoms with Crippen LogP contribution in [-0.2, 0) is 22.9 Å². The highest BCUT2D eigenvalue weighted by Crippen LogP contribution is 2.31. The maximum Gasteiger partial charge on any atom is 0.250 e. The average Bonchev–Trinajstić information content (AvgIpc) is 3.26. The van der Waals surface area contributed by atoms with Crippen LogP contribution in [0.15, 0.2) is 34.5 Å². The third-order valence-corrected chi connectivity index (χ3v) is 9.68. The number of nitrogens with one attached hydrogen (secondary N) is 1. The lowest BCUT2D eigenvalue weighted by molar-refractivity contribution is 0.113. The zero-order valence-electron chi connectivity index (χ0n) is 18.8. The van der Waals surface area contributed by atoms with E-state index in [2.05, 4.69) is 51.7 Å². The lowest BCUT2D eigenvalue weighted by atomic mass is 9.95. The van der Waals surface area contributed by atoms with Crippen molar-refractivity contribution in [1.82, 2.24) is 14.5 Å². The van der Waals surface area contributed by atoms with Gasteiger partial charge in [-0.1, -0.05) is 19.1 Å². The minimum atomic E-state index is -3.50. The van der Waals surface area contributed by atoms with Crippen LogP contribution in [0, 0.1) is 0 Å². The van der Waals surface area contributed by atoms with Crippen LogP contribution in [0.2, 0.25) is 0 Å². The van der Waals surface area contributed by atoms with E-state index in [1.165, 1.54) is 28.2 Å². The summed E-state index contributed by atoms with van der Waals surface area (Å²) in [7, 11) is 0.788. The first kappa shape index (κ1) is 22.7. The van der Waals surface area contributed by atoms with E-state index in [-0.39, 0.29) is 6.04 Å². The molecule has 2 aliphatic heterocycles. The van der Waals surface area contributed by atoms with E-state index in [4.69, 9.17) is 0 Å². The van der Waals surface area contributed by atoms with Crippen LogP contribution < -0.4 is 9.62 Å². The third kappa shape index (κ3) is 5.14. The van der Waals surface area contributed by atoms with Crippen molar-refractivity contribution in [3.05, 3.63) is 46.3 Å². The molecule has 4 rings (SSSR count). The predicted octanol–water partition coefficient (Wildman–Crippen LogP) is 2.96. The molecular formula is C23H34N4O2S2. The summed E-state index contributed by atoms with van der Waals surface area (Å²) >= 11 is 1.37. The molecule has 0 amide bonds. The van der Waals surface area contributed by atoms with E-state index in [9.17, 15) is 8.42 Å². The molecule has 1 saturated heterocycles. The number of hydrogen-bond acceptors (Lipinski definition) is 6. The number of rotatable bonds is 7. The Morgan fingerprint density at radius 3 is 2.55 bits per heavy atom. The molecule has 0 aliphatic carbocycles. The topological polar surface area (TPSA) is 55.9 Å². The molecule has 170 valence electrons. The van der Waals surface area contributed by atoms with Crippen LogP contribution in [0.5, 0.6) is 0 Å². The van der Waals surface area contributed by atoms with Gasteiger partial charge in [0.2, 0.25) is 10.0 Å². The Balaban J connectivity index is 1.57. The molecule has 8 heteroatoms. The van der Waals surface area contributed by atoms with Gasteiger partial charge in [-0.05, 0) is 55.6 Å². The SMILES string of the molecule is CCc1ccc(S(=O)(=O)NCC(c2ccc3c(c2)CCCN3C)N2CCN(C)CC2)s1. The highest BCUT2D eigenvalue weighted by Gasteiger charge is 2.27. The molecule has 0 radical (unpaired) electrons. The first-order valence-electron chi connectivity index (χ1n) is 11.2. The van der Waals surface area contributed by atoms with Gasteiger partial charge >= 0.3 is 0 Å². The van der Waals surface area contributed by atoms with E-state index in [0.29, 0.717) is 10.8 Å². The Hall–Kier alpha value is -1.45.